The molecule has 0 radical (unpaired) electrons. The highest BCUT2D eigenvalue weighted by Gasteiger charge is 2.49. The number of nitrogens with zero attached hydrogens (tertiary/aromatic N) is 3. The first kappa shape index (κ1) is 22.1. The number of carbonyl (C=O) groups is 3. The van der Waals surface area contributed by atoms with E-state index in [2.05, 4.69) is 5.32 Å². The molecule has 2 fully saturated rings. The minimum Gasteiger partial charge on any atom is -0.454 e. The van der Waals surface area contributed by atoms with Crippen molar-refractivity contribution < 1.29 is 28.2 Å². The van der Waals surface area contributed by atoms with Gasteiger partial charge < -0.3 is 19.7 Å². The summed E-state index contributed by atoms with van der Waals surface area (Å²) in [6.07, 6.45) is 0. The first-order chi connectivity index (χ1) is 16.3. The van der Waals surface area contributed by atoms with E-state index in [0.29, 0.717) is 54.5 Å². The van der Waals surface area contributed by atoms with Gasteiger partial charge in [-0.1, -0.05) is 6.07 Å². The number of anilines is 1. The van der Waals surface area contributed by atoms with E-state index in [1.165, 1.54) is 17.9 Å². The molecule has 0 spiro atoms. The Morgan fingerprint density at radius 3 is 2.50 bits per heavy atom. The maximum Gasteiger partial charge on any atom is 0.326 e. The van der Waals surface area contributed by atoms with Crippen molar-refractivity contribution in [1.82, 2.24) is 15.1 Å². The molecule has 1 unspecified atom stereocenters. The number of halogens is 1. The van der Waals surface area contributed by atoms with Crippen LogP contribution in [0, 0.1) is 5.82 Å². The Kier molecular flexibility index (Phi) is 5.40. The second-order valence-electron chi connectivity index (χ2n) is 8.83. The summed E-state index contributed by atoms with van der Waals surface area (Å²) >= 11 is 0. The minimum absolute atomic E-state index is 0.124. The van der Waals surface area contributed by atoms with Gasteiger partial charge in [-0.05, 0) is 49.7 Å². The monoisotopic (exact) mass is 468 g/mol. The predicted octanol–water partition coefficient (Wildman–Crippen LogP) is 2.30. The molecule has 3 aliphatic heterocycles. The summed E-state index contributed by atoms with van der Waals surface area (Å²) in [6, 6.07) is 9.24. The third kappa shape index (κ3) is 3.73. The number of nitrogens with one attached hydrogen (secondary N) is 1. The van der Waals surface area contributed by atoms with E-state index in [0.717, 1.165) is 0 Å². The second-order valence-corrected chi connectivity index (χ2v) is 8.83. The van der Waals surface area contributed by atoms with Crippen LogP contribution >= 0.6 is 0 Å². The summed E-state index contributed by atoms with van der Waals surface area (Å²) in [5.41, 5.74) is 0.187. The van der Waals surface area contributed by atoms with Gasteiger partial charge in [0.15, 0.2) is 17.3 Å². The van der Waals surface area contributed by atoms with Crippen molar-refractivity contribution in [3.63, 3.8) is 0 Å². The van der Waals surface area contributed by atoms with Crippen LogP contribution in [-0.2, 0) is 10.3 Å². The zero-order valence-electron chi connectivity index (χ0n) is 19.0. The molecule has 0 bridgehead atoms. The Morgan fingerprint density at radius 2 is 1.79 bits per heavy atom. The number of ketones is 1. The molecule has 3 heterocycles. The number of rotatable bonds is 5. The van der Waals surface area contributed by atoms with E-state index in [1.54, 1.807) is 37.3 Å². The fourth-order valence-electron chi connectivity index (χ4n) is 4.54. The molecular weight excluding hydrogens is 443 g/mol. The smallest absolute Gasteiger partial charge is 0.326 e. The summed E-state index contributed by atoms with van der Waals surface area (Å²) in [4.78, 5) is 42.6. The molecule has 2 saturated heterocycles. The fraction of sp³-hybridized carbons (Fsp3) is 0.375. The molecule has 2 aromatic rings. The van der Waals surface area contributed by atoms with E-state index < -0.39 is 17.4 Å². The van der Waals surface area contributed by atoms with Gasteiger partial charge in [0.05, 0.1) is 12.4 Å². The lowest BCUT2D eigenvalue weighted by atomic mass is 9.92. The van der Waals surface area contributed by atoms with E-state index >= 15 is 0 Å². The number of piperazine rings is 1. The van der Waals surface area contributed by atoms with E-state index in [1.807, 2.05) is 9.80 Å². The number of imide groups is 1. The Morgan fingerprint density at radius 1 is 1.06 bits per heavy atom. The van der Waals surface area contributed by atoms with Gasteiger partial charge in [-0.3, -0.25) is 14.5 Å². The van der Waals surface area contributed by atoms with Crippen LogP contribution in [0.15, 0.2) is 36.4 Å². The third-order valence-corrected chi connectivity index (χ3v) is 6.63. The Bertz CT molecular complexity index is 1180. The summed E-state index contributed by atoms with van der Waals surface area (Å²) in [7, 11) is 0. The second kappa shape index (κ2) is 8.28. The molecular formula is C24H25FN4O5. The quantitative estimate of drug-likeness (QED) is 0.532. The normalized spacial score (nSPS) is 22.3. The van der Waals surface area contributed by atoms with Crippen molar-refractivity contribution in [1.29, 1.82) is 0 Å². The Labute approximate surface area is 196 Å². The topological polar surface area (TPSA) is 91.4 Å². The molecule has 178 valence electrons. The number of carbonyl (C=O) groups excluding carboxylic acids is 3. The van der Waals surface area contributed by atoms with Crippen LogP contribution in [0.4, 0.5) is 14.9 Å². The van der Waals surface area contributed by atoms with Gasteiger partial charge in [0.1, 0.15) is 11.4 Å². The molecule has 3 amide bonds. The first-order valence-corrected chi connectivity index (χ1v) is 11.1. The third-order valence-electron chi connectivity index (χ3n) is 6.63. The summed E-state index contributed by atoms with van der Waals surface area (Å²) < 4.78 is 25.3. The lowest BCUT2D eigenvalue weighted by molar-refractivity contribution is -0.132. The van der Waals surface area contributed by atoms with Crippen molar-refractivity contribution in [2.45, 2.75) is 19.4 Å². The number of ether oxygens (including phenoxy) is 2. The molecule has 0 aromatic heterocycles. The Balaban J connectivity index is 1.24. The van der Waals surface area contributed by atoms with Crippen molar-refractivity contribution in [3.8, 4) is 11.5 Å². The molecule has 0 saturated carbocycles. The van der Waals surface area contributed by atoms with Gasteiger partial charge in [-0.2, -0.15) is 0 Å². The van der Waals surface area contributed by atoms with E-state index in [-0.39, 0.29) is 25.2 Å². The molecule has 34 heavy (non-hydrogen) atoms. The zero-order chi connectivity index (χ0) is 24.0. The number of amides is 3. The molecule has 0 aliphatic carbocycles. The maximum absolute atomic E-state index is 14.5. The summed E-state index contributed by atoms with van der Waals surface area (Å²) in [5, 5.41) is 2.81. The van der Waals surface area contributed by atoms with E-state index in [4.69, 9.17) is 9.47 Å². The summed E-state index contributed by atoms with van der Waals surface area (Å²) in [6.45, 7) is 5.50. The SMILES string of the molecule is CC(=O)c1ccc(N2CCN(CN3C(=O)NC(C)(c4ccc5c(c4)OCO5)C3=O)CC2)c(F)c1. The highest BCUT2D eigenvalue weighted by atomic mass is 19.1. The van der Waals surface area contributed by atoms with Crippen LogP contribution in [0.3, 0.4) is 0 Å². The standard InChI is InChI=1S/C24H25FN4O5/c1-15(30)16-3-5-19(18(25)11-16)28-9-7-27(8-10-28)13-29-22(31)24(2,26-23(29)32)17-4-6-20-21(12-17)34-14-33-20/h3-6,11-12H,7-10,13-14H2,1-2H3,(H,26,32). The lowest BCUT2D eigenvalue weighted by Crippen LogP contribution is -2.51. The van der Waals surface area contributed by atoms with Gasteiger partial charge in [-0.25, -0.2) is 14.1 Å². The Hall–Kier alpha value is -3.66. The van der Waals surface area contributed by atoms with Gasteiger partial charge in [0.25, 0.3) is 5.91 Å². The minimum atomic E-state index is -1.21. The van der Waals surface area contributed by atoms with Crippen LogP contribution in [0.25, 0.3) is 0 Å². The summed E-state index contributed by atoms with van der Waals surface area (Å²) in [5.74, 6) is 0.182. The van der Waals surface area contributed by atoms with Gasteiger partial charge >= 0.3 is 6.03 Å². The largest absolute Gasteiger partial charge is 0.454 e. The van der Waals surface area contributed by atoms with Gasteiger partial charge in [0, 0.05) is 31.7 Å². The molecule has 3 aliphatic rings. The molecule has 9 nitrogen and oxygen atoms in total. The number of hydrogen-bond acceptors (Lipinski definition) is 7. The number of benzene rings is 2. The molecule has 1 N–H and O–H groups in total. The van der Waals surface area contributed by atoms with Crippen LogP contribution in [0.1, 0.15) is 29.8 Å². The average Bonchev–Trinajstić information content (AvgIpc) is 3.38. The van der Waals surface area contributed by atoms with Crippen LogP contribution in [0.5, 0.6) is 11.5 Å². The van der Waals surface area contributed by atoms with Gasteiger partial charge in [0.2, 0.25) is 6.79 Å². The maximum atomic E-state index is 14.5. The number of fused-ring (bicyclic) bond motifs is 1. The highest BCUT2D eigenvalue weighted by Crippen LogP contribution is 2.38. The van der Waals surface area contributed by atoms with E-state index in [9.17, 15) is 18.8 Å². The van der Waals surface area contributed by atoms with Crippen molar-refractivity contribution in [2.75, 3.05) is 44.5 Å². The molecule has 10 heteroatoms. The molecule has 1 atom stereocenters. The zero-order valence-corrected chi connectivity index (χ0v) is 19.0. The fourth-order valence-corrected chi connectivity index (χ4v) is 4.54. The lowest BCUT2D eigenvalue weighted by Gasteiger charge is -2.37. The molecule has 5 rings (SSSR count). The average molecular weight is 468 g/mol. The number of hydrogen-bond donors (Lipinski definition) is 1. The van der Waals surface area contributed by atoms with Crippen molar-refractivity contribution in [2.24, 2.45) is 0 Å². The first-order valence-electron chi connectivity index (χ1n) is 11.1. The predicted molar refractivity (Wildman–Crippen MR) is 120 cm³/mol. The highest BCUT2D eigenvalue weighted by molar-refractivity contribution is 6.07. The number of urea groups is 1. The van der Waals surface area contributed by atoms with Crippen molar-refractivity contribution in [3.05, 3.63) is 53.3 Å². The van der Waals surface area contributed by atoms with Crippen LogP contribution < -0.4 is 19.7 Å². The molecule has 2 aromatic carbocycles. The number of Topliss-reactive ketones (excluding diaryl/α,β-unsaturated/α-hetero) is 1. The van der Waals surface area contributed by atoms with Gasteiger partial charge in [-0.15, -0.1) is 0 Å². The van der Waals surface area contributed by atoms with Crippen molar-refractivity contribution >= 4 is 23.4 Å². The van der Waals surface area contributed by atoms with Crippen LogP contribution in [0.2, 0.25) is 0 Å². The van der Waals surface area contributed by atoms with Crippen LogP contribution in [-0.4, -0.2) is 67.2 Å².